The Labute approximate surface area is 66.3 Å². The highest BCUT2D eigenvalue weighted by Gasteiger charge is 2.54. The van der Waals surface area contributed by atoms with Crippen LogP contribution in [0.5, 0.6) is 0 Å². The Bertz CT molecular complexity index is 193. The summed E-state index contributed by atoms with van der Waals surface area (Å²) in [6, 6.07) is 0. The maximum atomic E-state index is 11.3. The van der Waals surface area contributed by atoms with Crippen LogP contribution >= 0.6 is 0 Å². The van der Waals surface area contributed by atoms with Crippen LogP contribution < -0.4 is 0 Å². The third kappa shape index (κ3) is 0.745. The van der Waals surface area contributed by atoms with E-state index in [1.165, 1.54) is 7.11 Å². The SMILES string of the molecule is COC(=O)[C@]12CCCN1CC2. The number of esters is 1. The van der Waals surface area contributed by atoms with Gasteiger partial charge in [-0.25, -0.2) is 0 Å². The van der Waals surface area contributed by atoms with Gasteiger partial charge < -0.3 is 4.74 Å². The molecule has 0 aromatic heterocycles. The molecule has 3 nitrogen and oxygen atoms in total. The first-order valence-corrected chi connectivity index (χ1v) is 4.13. The van der Waals surface area contributed by atoms with Gasteiger partial charge in [-0.1, -0.05) is 0 Å². The van der Waals surface area contributed by atoms with Crippen LogP contribution in [0.25, 0.3) is 0 Å². The molecule has 2 aliphatic rings. The molecular formula is C8H13NO2. The van der Waals surface area contributed by atoms with Crippen molar-refractivity contribution in [1.82, 2.24) is 4.90 Å². The third-order valence-corrected chi connectivity index (χ3v) is 2.98. The second-order valence-electron chi connectivity index (χ2n) is 3.36. The minimum Gasteiger partial charge on any atom is -0.468 e. The zero-order chi connectivity index (χ0) is 7.90. The van der Waals surface area contributed by atoms with Crippen molar-refractivity contribution in [3.63, 3.8) is 0 Å². The van der Waals surface area contributed by atoms with E-state index in [0.29, 0.717) is 0 Å². The van der Waals surface area contributed by atoms with Crippen LogP contribution in [0.1, 0.15) is 19.3 Å². The van der Waals surface area contributed by atoms with Crippen molar-refractivity contribution >= 4 is 5.97 Å². The van der Waals surface area contributed by atoms with E-state index < -0.39 is 0 Å². The van der Waals surface area contributed by atoms with Gasteiger partial charge in [-0.3, -0.25) is 9.69 Å². The van der Waals surface area contributed by atoms with Gasteiger partial charge in [0.05, 0.1) is 7.11 Å². The molecule has 2 fully saturated rings. The Hall–Kier alpha value is -0.570. The number of hydrogen-bond acceptors (Lipinski definition) is 3. The number of nitrogens with zero attached hydrogens (tertiary/aromatic N) is 1. The van der Waals surface area contributed by atoms with Gasteiger partial charge in [0, 0.05) is 6.54 Å². The Balaban J connectivity index is 2.15. The Morgan fingerprint density at radius 1 is 1.45 bits per heavy atom. The smallest absolute Gasteiger partial charge is 0.326 e. The van der Waals surface area contributed by atoms with E-state index >= 15 is 0 Å². The zero-order valence-corrected chi connectivity index (χ0v) is 6.80. The molecule has 3 heteroatoms. The predicted octanol–water partition coefficient (Wildman–Crippen LogP) is 0.398. The molecule has 0 radical (unpaired) electrons. The molecule has 2 saturated heterocycles. The maximum Gasteiger partial charge on any atom is 0.326 e. The molecule has 0 aromatic rings. The average molecular weight is 155 g/mol. The number of rotatable bonds is 1. The van der Waals surface area contributed by atoms with Gasteiger partial charge >= 0.3 is 5.97 Å². The van der Waals surface area contributed by atoms with Gasteiger partial charge in [-0.2, -0.15) is 0 Å². The van der Waals surface area contributed by atoms with Crippen LogP contribution in [0.4, 0.5) is 0 Å². The lowest BCUT2D eigenvalue weighted by molar-refractivity contribution is -0.161. The molecule has 1 atom stereocenters. The highest BCUT2D eigenvalue weighted by Crippen LogP contribution is 2.41. The van der Waals surface area contributed by atoms with Crippen LogP contribution in [0.2, 0.25) is 0 Å². The van der Waals surface area contributed by atoms with E-state index in [-0.39, 0.29) is 11.5 Å². The van der Waals surface area contributed by atoms with Gasteiger partial charge in [0.15, 0.2) is 0 Å². The normalized spacial score (nSPS) is 36.1. The summed E-state index contributed by atoms with van der Waals surface area (Å²) in [7, 11) is 1.48. The molecule has 0 saturated carbocycles. The zero-order valence-electron chi connectivity index (χ0n) is 6.80. The molecule has 0 N–H and O–H groups in total. The fraction of sp³-hybridized carbons (Fsp3) is 0.875. The van der Waals surface area contributed by atoms with Crippen LogP contribution in [0.3, 0.4) is 0 Å². The van der Waals surface area contributed by atoms with Crippen molar-refractivity contribution in [2.45, 2.75) is 24.8 Å². The van der Waals surface area contributed by atoms with Crippen molar-refractivity contribution in [2.24, 2.45) is 0 Å². The van der Waals surface area contributed by atoms with Crippen LogP contribution in [-0.4, -0.2) is 36.6 Å². The first-order valence-electron chi connectivity index (χ1n) is 4.13. The molecule has 2 heterocycles. The molecule has 2 rings (SSSR count). The molecule has 0 spiro atoms. The minimum absolute atomic E-state index is 0.0266. The number of methoxy groups -OCH3 is 1. The van der Waals surface area contributed by atoms with Crippen LogP contribution in [0, 0.1) is 0 Å². The van der Waals surface area contributed by atoms with Crippen molar-refractivity contribution in [3.8, 4) is 0 Å². The number of carbonyl (C=O) groups excluding carboxylic acids is 1. The summed E-state index contributed by atoms with van der Waals surface area (Å²) >= 11 is 0. The average Bonchev–Trinajstić information content (AvgIpc) is 2.27. The monoisotopic (exact) mass is 155 g/mol. The lowest BCUT2D eigenvalue weighted by Gasteiger charge is -2.45. The van der Waals surface area contributed by atoms with E-state index in [4.69, 9.17) is 4.74 Å². The molecule has 0 aromatic carbocycles. The molecule has 0 unspecified atom stereocenters. The quantitative estimate of drug-likeness (QED) is 0.513. The van der Waals surface area contributed by atoms with E-state index in [0.717, 1.165) is 32.4 Å². The molecule has 11 heavy (non-hydrogen) atoms. The van der Waals surface area contributed by atoms with Crippen molar-refractivity contribution in [2.75, 3.05) is 20.2 Å². The van der Waals surface area contributed by atoms with E-state index in [2.05, 4.69) is 4.90 Å². The minimum atomic E-state index is -0.186. The molecular weight excluding hydrogens is 142 g/mol. The number of ether oxygens (including phenoxy) is 1. The van der Waals surface area contributed by atoms with Crippen molar-refractivity contribution in [1.29, 1.82) is 0 Å². The summed E-state index contributed by atoms with van der Waals surface area (Å²) < 4.78 is 4.78. The van der Waals surface area contributed by atoms with Crippen molar-refractivity contribution in [3.05, 3.63) is 0 Å². The highest BCUT2D eigenvalue weighted by molar-refractivity contribution is 5.82. The molecule has 0 aliphatic carbocycles. The van der Waals surface area contributed by atoms with Gasteiger partial charge in [-0.05, 0) is 25.8 Å². The van der Waals surface area contributed by atoms with Gasteiger partial charge in [0.25, 0.3) is 0 Å². The summed E-state index contributed by atoms with van der Waals surface area (Å²) in [5, 5.41) is 0. The standard InChI is InChI=1S/C8H13NO2/c1-11-7(10)8-3-2-5-9(8)6-4-8/h2-6H2,1H3/t8-/m1/s1. The molecule has 0 bridgehead atoms. The number of hydrogen-bond donors (Lipinski definition) is 0. The first-order chi connectivity index (χ1) is 5.29. The van der Waals surface area contributed by atoms with E-state index in [1.807, 2.05) is 0 Å². The Morgan fingerprint density at radius 3 is 2.73 bits per heavy atom. The van der Waals surface area contributed by atoms with Gasteiger partial charge in [-0.15, -0.1) is 0 Å². The van der Waals surface area contributed by atoms with Gasteiger partial charge in [0.1, 0.15) is 5.54 Å². The second kappa shape index (κ2) is 2.21. The van der Waals surface area contributed by atoms with E-state index in [1.54, 1.807) is 0 Å². The molecule has 2 aliphatic heterocycles. The maximum absolute atomic E-state index is 11.3. The fourth-order valence-corrected chi connectivity index (χ4v) is 2.23. The number of fused-ring (bicyclic) bond motifs is 1. The fourth-order valence-electron chi connectivity index (χ4n) is 2.23. The molecule has 62 valence electrons. The van der Waals surface area contributed by atoms with Crippen LogP contribution in [0.15, 0.2) is 0 Å². The van der Waals surface area contributed by atoms with E-state index in [9.17, 15) is 4.79 Å². The first kappa shape index (κ1) is 7.10. The number of carbonyl (C=O) groups is 1. The second-order valence-corrected chi connectivity index (χ2v) is 3.36. The van der Waals surface area contributed by atoms with Crippen molar-refractivity contribution < 1.29 is 9.53 Å². The third-order valence-electron chi connectivity index (χ3n) is 2.98. The summed E-state index contributed by atoms with van der Waals surface area (Å²) in [6.07, 6.45) is 3.15. The van der Waals surface area contributed by atoms with Gasteiger partial charge in [0.2, 0.25) is 0 Å². The lowest BCUT2D eigenvalue weighted by Crippen LogP contribution is -2.61. The summed E-state index contributed by atoms with van der Waals surface area (Å²) in [6.45, 7) is 2.16. The van der Waals surface area contributed by atoms with Crippen LogP contribution in [-0.2, 0) is 9.53 Å². The summed E-state index contributed by atoms with van der Waals surface area (Å²) in [5.41, 5.74) is -0.186. The lowest BCUT2D eigenvalue weighted by atomic mass is 9.85. The topological polar surface area (TPSA) is 29.5 Å². The summed E-state index contributed by atoms with van der Waals surface area (Å²) in [4.78, 5) is 13.6. The largest absolute Gasteiger partial charge is 0.468 e. The Morgan fingerprint density at radius 2 is 2.27 bits per heavy atom. The molecule has 0 amide bonds. The predicted molar refractivity (Wildman–Crippen MR) is 40.2 cm³/mol. The Kier molecular flexibility index (Phi) is 1.42. The highest BCUT2D eigenvalue weighted by atomic mass is 16.5. The summed E-state index contributed by atoms with van der Waals surface area (Å²) in [5.74, 6) is -0.0266.